The number of carbonyl (C=O) groups is 2. The van der Waals surface area contributed by atoms with Gasteiger partial charge in [0.05, 0.1) is 0 Å². The van der Waals surface area contributed by atoms with E-state index in [0.29, 0.717) is 38.8 Å². The third-order valence-electron chi connectivity index (χ3n) is 6.13. The Balaban J connectivity index is 1.56. The summed E-state index contributed by atoms with van der Waals surface area (Å²) < 4.78 is 0. The van der Waals surface area contributed by atoms with Crippen LogP contribution in [0.25, 0.3) is 0 Å². The molecule has 31 heavy (non-hydrogen) atoms. The molecule has 0 radical (unpaired) electrons. The SMILES string of the molecule is O=C(NC[C@H](CCO)c1ccccc1)C1(C(=O)NC[C@H](CCO)c2ccccc2)CC1. The average Bonchev–Trinajstić information content (AvgIpc) is 3.62. The highest BCUT2D eigenvalue weighted by molar-refractivity contribution is 6.07. The highest BCUT2D eigenvalue weighted by Gasteiger charge is 2.56. The van der Waals surface area contributed by atoms with Gasteiger partial charge in [0.15, 0.2) is 0 Å². The summed E-state index contributed by atoms with van der Waals surface area (Å²) in [6, 6.07) is 19.5. The van der Waals surface area contributed by atoms with Crippen molar-refractivity contribution in [2.45, 2.75) is 37.5 Å². The van der Waals surface area contributed by atoms with Gasteiger partial charge in [0, 0.05) is 38.1 Å². The van der Waals surface area contributed by atoms with Crippen molar-refractivity contribution in [3.63, 3.8) is 0 Å². The van der Waals surface area contributed by atoms with E-state index in [4.69, 9.17) is 0 Å². The third-order valence-corrected chi connectivity index (χ3v) is 6.13. The maximum Gasteiger partial charge on any atom is 0.235 e. The van der Waals surface area contributed by atoms with Crippen LogP contribution >= 0.6 is 0 Å². The summed E-state index contributed by atoms with van der Waals surface area (Å²) in [5, 5.41) is 24.7. The molecule has 1 aliphatic rings. The van der Waals surface area contributed by atoms with Crippen LogP contribution in [0.1, 0.15) is 48.6 Å². The molecule has 0 unspecified atom stereocenters. The molecule has 0 saturated heterocycles. The van der Waals surface area contributed by atoms with Crippen molar-refractivity contribution in [2.24, 2.45) is 5.41 Å². The zero-order chi connectivity index (χ0) is 22.1. The van der Waals surface area contributed by atoms with E-state index in [0.717, 1.165) is 11.1 Å². The van der Waals surface area contributed by atoms with Crippen LogP contribution in [0.15, 0.2) is 60.7 Å². The molecule has 1 aliphatic carbocycles. The smallest absolute Gasteiger partial charge is 0.235 e. The van der Waals surface area contributed by atoms with Gasteiger partial charge in [-0.25, -0.2) is 0 Å². The van der Waals surface area contributed by atoms with E-state index in [1.54, 1.807) is 0 Å². The summed E-state index contributed by atoms with van der Waals surface area (Å²) in [6.07, 6.45) is 2.17. The van der Waals surface area contributed by atoms with Gasteiger partial charge in [0.2, 0.25) is 11.8 Å². The molecule has 0 aliphatic heterocycles. The lowest BCUT2D eigenvalue weighted by atomic mass is 9.94. The lowest BCUT2D eigenvalue weighted by Crippen LogP contribution is -2.45. The first-order valence-electron chi connectivity index (χ1n) is 11.0. The minimum absolute atomic E-state index is 0.000950. The minimum atomic E-state index is -0.999. The van der Waals surface area contributed by atoms with E-state index >= 15 is 0 Å². The molecule has 2 atom stereocenters. The number of benzene rings is 2. The lowest BCUT2D eigenvalue weighted by Gasteiger charge is -2.22. The van der Waals surface area contributed by atoms with Crippen LogP contribution in [0.3, 0.4) is 0 Å². The van der Waals surface area contributed by atoms with Crippen molar-refractivity contribution in [3.05, 3.63) is 71.8 Å². The molecular formula is C25H32N2O4. The summed E-state index contributed by atoms with van der Waals surface area (Å²) in [7, 11) is 0. The van der Waals surface area contributed by atoms with E-state index in [9.17, 15) is 19.8 Å². The molecule has 166 valence electrons. The number of hydrogen-bond donors (Lipinski definition) is 4. The Labute approximate surface area is 183 Å². The van der Waals surface area contributed by atoms with Crippen molar-refractivity contribution in [1.82, 2.24) is 10.6 Å². The number of aliphatic hydroxyl groups excluding tert-OH is 2. The molecule has 2 amide bonds. The first kappa shape index (κ1) is 23.0. The standard InChI is InChI=1S/C25H32N2O4/c28-15-11-21(19-7-3-1-4-8-19)17-26-23(30)25(13-14-25)24(31)27-18-22(12-16-29)20-9-5-2-6-10-20/h1-10,21-22,28-29H,11-18H2,(H,26,30)(H,27,31)/t21-,22-/m0/s1. The van der Waals surface area contributed by atoms with Gasteiger partial charge < -0.3 is 20.8 Å². The van der Waals surface area contributed by atoms with Gasteiger partial charge in [-0.1, -0.05) is 60.7 Å². The fraction of sp³-hybridized carbons (Fsp3) is 0.440. The first-order chi connectivity index (χ1) is 15.1. The Morgan fingerprint density at radius 2 is 1.13 bits per heavy atom. The molecule has 0 bridgehead atoms. The molecule has 4 N–H and O–H groups in total. The third kappa shape index (κ3) is 5.93. The predicted octanol–water partition coefficient (Wildman–Crippen LogP) is 2.33. The molecule has 6 heteroatoms. The first-order valence-corrected chi connectivity index (χ1v) is 11.0. The molecule has 3 rings (SSSR count). The summed E-state index contributed by atoms with van der Waals surface area (Å²) in [4.78, 5) is 25.7. The highest BCUT2D eigenvalue weighted by Crippen LogP contribution is 2.46. The molecule has 0 heterocycles. The van der Waals surface area contributed by atoms with E-state index in [2.05, 4.69) is 10.6 Å². The van der Waals surface area contributed by atoms with Gasteiger partial charge in [-0.2, -0.15) is 0 Å². The molecule has 1 fully saturated rings. The maximum atomic E-state index is 12.9. The van der Waals surface area contributed by atoms with E-state index in [1.165, 1.54) is 0 Å². The van der Waals surface area contributed by atoms with Crippen LogP contribution in [-0.2, 0) is 9.59 Å². The second-order valence-electron chi connectivity index (χ2n) is 8.24. The van der Waals surface area contributed by atoms with Crippen molar-refractivity contribution < 1.29 is 19.8 Å². The van der Waals surface area contributed by atoms with Crippen molar-refractivity contribution >= 4 is 11.8 Å². The molecule has 1 saturated carbocycles. The maximum absolute atomic E-state index is 12.9. The van der Waals surface area contributed by atoms with Gasteiger partial charge in [0.25, 0.3) is 0 Å². The van der Waals surface area contributed by atoms with Gasteiger partial charge in [-0.15, -0.1) is 0 Å². The van der Waals surface area contributed by atoms with E-state index < -0.39 is 5.41 Å². The van der Waals surface area contributed by atoms with Crippen molar-refractivity contribution in [2.75, 3.05) is 26.3 Å². The molecule has 6 nitrogen and oxygen atoms in total. The number of aliphatic hydroxyl groups is 2. The molecule has 0 aromatic heterocycles. The topological polar surface area (TPSA) is 98.7 Å². The Kier molecular flexibility index (Phi) is 8.20. The largest absolute Gasteiger partial charge is 0.396 e. The zero-order valence-electron chi connectivity index (χ0n) is 17.8. The lowest BCUT2D eigenvalue weighted by molar-refractivity contribution is -0.137. The number of hydrogen-bond acceptors (Lipinski definition) is 4. The summed E-state index contributed by atoms with van der Waals surface area (Å²) >= 11 is 0. The van der Waals surface area contributed by atoms with Crippen LogP contribution in [0.5, 0.6) is 0 Å². The second-order valence-corrected chi connectivity index (χ2v) is 8.24. The fourth-order valence-electron chi connectivity index (χ4n) is 3.99. The highest BCUT2D eigenvalue weighted by atomic mass is 16.3. The van der Waals surface area contributed by atoms with Crippen molar-refractivity contribution in [3.8, 4) is 0 Å². The van der Waals surface area contributed by atoms with Crippen LogP contribution < -0.4 is 10.6 Å². The Bertz CT molecular complexity index is 770. The van der Waals surface area contributed by atoms with Crippen LogP contribution in [-0.4, -0.2) is 48.3 Å². The monoisotopic (exact) mass is 424 g/mol. The summed E-state index contributed by atoms with van der Waals surface area (Å²) in [6.45, 7) is 0.838. The van der Waals surface area contributed by atoms with Gasteiger partial charge in [-0.05, 0) is 36.8 Å². The average molecular weight is 425 g/mol. The molecule has 0 spiro atoms. The van der Waals surface area contributed by atoms with Gasteiger partial charge in [0.1, 0.15) is 5.41 Å². The zero-order valence-corrected chi connectivity index (χ0v) is 17.8. The quantitative estimate of drug-likeness (QED) is 0.393. The number of nitrogens with one attached hydrogen (secondary N) is 2. The Morgan fingerprint density at radius 3 is 1.45 bits per heavy atom. The predicted molar refractivity (Wildman–Crippen MR) is 119 cm³/mol. The van der Waals surface area contributed by atoms with Crippen LogP contribution in [0, 0.1) is 5.41 Å². The number of rotatable bonds is 12. The molecule has 2 aromatic rings. The summed E-state index contributed by atoms with van der Waals surface area (Å²) in [5.41, 5.74) is 1.11. The van der Waals surface area contributed by atoms with Crippen molar-refractivity contribution in [1.29, 1.82) is 0 Å². The Hall–Kier alpha value is -2.70. The Morgan fingerprint density at radius 1 is 0.742 bits per heavy atom. The fourth-order valence-corrected chi connectivity index (χ4v) is 3.99. The minimum Gasteiger partial charge on any atom is -0.396 e. The normalized spacial score (nSPS) is 16.2. The molecule has 2 aromatic carbocycles. The van der Waals surface area contributed by atoms with Gasteiger partial charge in [-0.3, -0.25) is 9.59 Å². The van der Waals surface area contributed by atoms with E-state index in [-0.39, 0.29) is 36.9 Å². The number of carbonyl (C=O) groups excluding carboxylic acids is 2. The van der Waals surface area contributed by atoms with Gasteiger partial charge >= 0.3 is 0 Å². The summed E-state index contributed by atoms with van der Waals surface area (Å²) in [5.74, 6) is -0.494. The van der Waals surface area contributed by atoms with Crippen LogP contribution in [0.2, 0.25) is 0 Å². The van der Waals surface area contributed by atoms with Crippen LogP contribution in [0.4, 0.5) is 0 Å². The molecular weight excluding hydrogens is 392 g/mol. The number of amides is 2. The second kappa shape index (κ2) is 11.1. The van der Waals surface area contributed by atoms with E-state index in [1.807, 2.05) is 60.7 Å².